The van der Waals surface area contributed by atoms with Gasteiger partial charge in [0.05, 0.1) is 6.04 Å². The first-order valence-electron chi connectivity index (χ1n) is 6.89. The van der Waals surface area contributed by atoms with Gasteiger partial charge in [-0.25, -0.2) is 4.68 Å². The van der Waals surface area contributed by atoms with E-state index < -0.39 is 0 Å². The molecule has 0 amide bonds. The Bertz CT molecular complexity index is 403. The van der Waals surface area contributed by atoms with Crippen molar-refractivity contribution in [3.8, 4) is 0 Å². The highest BCUT2D eigenvalue weighted by Crippen LogP contribution is 2.40. The maximum Gasteiger partial charge on any atom is 0.209 e. The Balaban J connectivity index is 1.71. The SMILES string of the molecule is CNC1CCC(C)CC1Sc1nnnn1C1CC1. The van der Waals surface area contributed by atoms with E-state index in [1.165, 1.54) is 32.1 Å². The maximum absolute atomic E-state index is 4.20. The molecule has 1 aromatic heterocycles. The molecule has 0 saturated heterocycles. The number of tetrazole rings is 1. The molecule has 100 valence electrons. The molecular formula is C12H21N5S. The van der Waals surface area contributed by atoms with Gasteiger partial charge in [0.1, 0.15) is 0 Å². The van der Waals surface area contributed by atoms with Gasteiger partial charge >= 0.3 is 0 Å². The van der Waals surface area contributed by atoms with Gasteiger partial charge in [0, 0.05) is 11.3 Å². The minimum atomic E-state index is 0.566. The van der Waals surface area contributed by atoms with Gasteiger partial charge in [-0.15, -0.1) is 5.10 Å². The number of hydrogen-bond donors (Lipinski definition) is 1. The minimum absolute atomic E-state index is 0.566. The Hall–Kier alpha value is -0.620. The molecule has 0 aromatic carbocycles. The number of hydrogen-bond acceptors (Lipinski definition) is 5. The fourth-order valence-electron chi connectivity index (χ4n) is 2.74. The van der Waals surface area contributed by atoms with Gasteiger partial charge in [0.15, 0.2) is 0 Å². The maximum atomic E-state index is 4.20. The van der Waals surface area contributed by atoms with E-state index in [-0.39, 0.29) is 0 Å². The summed E-state index contributed by atoms with van der Waals surface area (Å²) in [6.07, 6.45) is 6.31. The predicted molar refractivity (Wildman–Crippen MR) is 71.6 cm³/mol. The lowest BCUT2D eigenvalue weighted by atomic mass is 9.87. The molecule has 0 radical (unpaired) electrons. The molecule has 3 rings (SSSR count). The van der Waals surface area contributed by atoms with E-state index in [9.17, 15) is 0 Å². The second kappa shape index (κ2) is 5.17. The number of aromatic nitrogens is 4. The number of rotatable bonds is 4. The normalized spacial score (nSPS) is 32.7. The van der Waals surface area contributed by atoms with Crippen LogP contribution in [0.3, 0.4) is 0 Å². The monoisotopic (exact) mass is 267 g/mol. The Labute approximate surface area is 112 Å². The van der Waals surface area contributed by atoms with Gasteiger partial charge in [0.2, 0.25) is 5.16 Å². The van der Waals surface area contributed by atoms with Gasteiger partial charge < -0.3 is 5.32 Å². The van der Waals surface area contributed by atoms with Crippen molar-refractivity contribution in [3.05, 3.63) is 0 Å². The first-order valence-corrected chi connectivity index (χ1v) is 7.77. The molecule has 0 spiro atoms. The van der Waals surface area contributed by atoms with Crippen LogP contribution < -0.4 is 5.32 Å². The zero-order chi connectivity index (χ0) is 12.5. The fraction of sp³-hybridized carbons (Fsp3) is 0.917. The zero-order valence-electron chi connectivity index (χ0n) is 11.0. The van der Waals surface area contributed by atoms with Crippen LogP contribution in [0.4, 0.5) is 0 Å². The average Bonchev–Trinajstić information content (AvgIpc) is 3.11. The quantitative estimate of drug-likeness (QED) is 0.902. The zero-order valence-corrected chi connectivity index (χ0v) is 11.9. The largest absolute Gasteiger partial charge is 0.316 e. The van der Waals surface area contributed by atoms with Crippen molar-refractivity contribution in [3.63, 3.8) is 0 Å². The first-order chi connectivity index (χ1) is 8.78. The van der Waals surface area contributed by atoms with Crippen LogP contribution >= 0.6 is 11.8 Å². The summed E-state index contributed by atoms with van der Waals surface area (Å²) in [5.41, 5.74) is 0. The summed E-state index contributed by atoms with van der Waals surface area (Å²) in [4.78, 5) is 0. The molecule has 5 nitrogen and oxygen atoms in total. The summed E-state index contributed by atoms with van der Waals surface area (Å²) in [5, 5.41) is 17.2. The standard InChI is InChI=1S/C12H21N5S/c1-8-3-6-10(13-2)11(7-8)18-12-14-15-16-17(12)9-4-5-9/h8-11,13H,3-7H2,1-2H3. The third-order valence-corrected chi connectivity index (χ3v) is 5.34. The van der Waals surface area contributed by atoms with E-state index in [0.29, 0.717) is 17.3 Å². The Morgan fingerprint density at radius 3 is 2.83 bits per heavy atom. The summed E-state index contributed by atoms with van der Waals surface area (Å²) >= 11 is 1.87. The topological polar surface area (TPSA) is 55.6 Å². The van der Waals surface area contributed by atoms with Crippen LogP contribution in [0, 0.1) is 5.92 Å². The molecule has 1 heterocycles. The van der Waals surface area contributed by atoms with Gasteiger partial charge in [-0.3, -0.25) is 0 Å². The second-order valence-electron chi connectivity index (χ2n) is 5.61. The van der Waals surface area contributed by atoms with Gasteiger partial charge in [-0.2, -0.15) is 0 Å². The van der Waals surface area contributed by atoms with E-state index in [1.807, 2.05) is 16.4 Å². The van der Waals surface area contributed by atoms with E-state index in [0.717, 1.165) is 11.1 Å². The van der Waals surface area contributed by atoms with Crippen LogP contribution in [0.25, 0.3) is 0 Å². The molecule has 2 saturated carbocycles. The predicted octanol–water partition coefficient (Wildman–Crippen LogP) is 1.88. The average molecular weight is 267 g/mol. The summed E-state index contributed by atoms with van der Waals surface area (Å²) in [7, 11) is 2.07. The molecule has 0 bridgehead atoms. The highest BCUT2D eigenvalue weighted by atomic mass is 32.2. The number of thioether (sulfide) groups is 1. The second-order valence-corrected chi connectivity index (χ2v) is 6.81. The first kappa shape index (κ1) is 12.4. The van der Waals surface area contributed by atoms with E-state index in [2.05, 4.69) is 34.8 Å². The van der Waals surface area contributed by atoms with E-state index in [1.54, 1.807) is 0 Å². The van der Waals surface area contributed by atoms with Crippen LogP contribution in [0.1, 0.15) is 45.1 Å². The van der Waals surface area contributed by atoms with Crippen molar-refractivity contribution >= 4 is 11.8 Å². The van der Waals surface area contributed by atoms with Gasteiger partial charge in [-0.1, -0.05) is 18.7 Å². The van der Waals surface area contributed by atoms with Crippen molar-refractivity contribution in [2.75, 3.05) is 7.05 Å². The summed E-state index contributed by atoms with van der Waals surface area (Å²) < 4.78 is 2.02. The molecule has 3 unspecified atom stereocenters. The van der Waals surface area contributed by atoms with Crippen molar-refractivity contribution in [2.24, 2.45) is 5.92 Å². The van der Waals surface area contributed by atoms with E-state index >= 15 is 0 Å². The van der Waals surface area contributed by atoms with Crippen LogP contribution in [0.5, 0.6) is 0 Å². The lowest BCUT2D eigenvalue weighted by Gasteiger charge is -2.33. The summed E-state index contributed by atoms with van der Waals surface area (Å²) in [6.45, 7) is 2.35. The Morgan fingerprint density at radius 2 is 2.11 bits per heavy atom. The molecule has 0 aliphatic heterocycles. The van der Waals surface area contributed by atoms with Crippen LogP contribution in [0.15, 0.2) is 5.16 Å². The fourth-order valence-corrected chi connectivity index (χ4v) is 4.25. The molecule has 6 heteroatoms. The van der Waals surface area contributed by atoms with Crippen molar-refractivity contribution < 1.29 is 0 Å². The highest BCUT2D eigenvalue weighted by molar-refractivity contribution is 7.99. The van der Waals surface area contributed by atoms with Gasteiger partial charge in [-0.05, 0) is 55.5 Å². The molecule has 2 fully saturated rings. The smallest absolute Gasteiger partial charge is 0.209 e. The van der Waals surface area contributed by atoms with E-state index in [4.69, 9.17) is 0 Å². The molecule has 1 N–H and O–H groups in total. The molecular weight excluding hydrogens is 246 g/mol. The van der Waals surface area contributed by atoms with Crippen molar-refractivity contribution in [2.45, 2.75) is 61.5 Å². The Morgan fingerprint density at radius 1 is 1.28 bits per heavy atom. The molecule has 18 heavy (non-hydrogen) atoms. The molecule has 2 aliphatic rings. The van der Waals surface area contributed by atoms with Crippen LogP contribution in [-0.4, -0.2) is 38.5 Å². The van der Waals surface area contributed by atoms with Crippen LogP contribution in [-0.2, 0) is 0 Å². The Kier molecular flexibility index (Phi) is 3.56. The third-order valence-electron chi connectivity index (χ3n) is 4.04. The van der Waals surface area contributed by atoms with Gasteiger partial charge in [0.25, 0.3) is 0 Å². The minimum Gasteiger partial charge on any atom is -0.316 e. The summed E-state index contributed by atoms with van der Waals surface area (Å²) in [6, 6.07) is 1.16. The molecule has 1 aromatic rings. The van der Waals surface area contributed by atoms with Crippen molar-refractivity contribution in [1.29, 1.82) is 0 Å². The lowest BCUT2D eigenvalue weighted by molar-refractivity contribution is 0.328. The third kappa shape index (κ3) is 2.54. The molecule has 2 aliphatic carbocycles. The van der Waals surface area contributed by atoms with Crippen molar-refractivity contribution in [1.82, 2.24) is 25.5 Å². The number of nitrogens with one attached hydrogen (secondary N) is 1. The summed E-state index contributed by atoms with van der Waals surface area (Å²) in [5.74, 6) is 0.817. The highest BCUT2D eigenvalue weighted by Gasteiger charge is 2.33. The van der Waals surface area contributed by atoms with Crippen LogP contribution in [0.2, 0.25) is 0 Å². The number of nitrogens with zero attached hydrogens (tertiary/aromatic N) is 4. The molecule has 3 atom stereocenters. The lowest BCUT2D eigenvalue weighted by Crippen LogP contribution is -2.40.